The first-order chi connectivity index (χ1) is 20.9. The van der Waals surface area contributed by atoms with Gasteiger partial charge in [-0.15, -0.1) is 0 Å². The lowest BCUT2D eigenvalue weighted by molar-refractivity contribution is -0.134. The summed E-state index contributed by atoms with van der Waals surface area (Å²) < 4.78 is 0. The number of aliphatic hydroxyl groups is 1. The maximum absolute atomic E-state index is 13.3. The van der Waals surface area contributed by atoms with Gasteiger partial charge in [0, 0.05) is 24.2 Å². The van der Waals surface area contributed by atoms with Gasteiger partial charge in [-0.2, -0.15) is 0 Å². The number of hydrogen-bond donors (Lipinski definition) is 2. The molecule has 0 radical (unpaired) electrons. The Morgan fingerprint density at radius 2 is 1.14 bits per heavy atom. The van der Waals surface area contributed by atoms with Crippen molar-refractivity contribution >= 4 is 5.91 Å². The van der Waals surface area contributed by atoms with Crippen molar-refractivity contribution in [3.05, 3.63) is 0 Å². The number of hydrogen-bond acceptors (Lipinski definition) is 3. The number of nitrogens with zero attached hydrogens (tertiary/aromatic N) is 1. The van der Waals surface area contributed by atoms with Crippen molar-refractivity contribution in [2.24, 2.45) is 41.4 Å². The Labute approximate surface area is 265 Å². The van der Waals surface area contributed by atoms with Crippen molar-refractivity contribution in [1.29, 1.82) is 0 Å². The Kier molecular flexibility index (Phi) is 11.5. The number of carbonyl (C=O) groups is 1. The first-order valence-corrected chi connectivity index (χ1v) is 19.7. The van der Waals surface area contributed by atoms with E-state index in [2.05, 4.69) is 24.1 Å². The molecule has 4 nitrogen and oxygen atoms in total. The molecule has 0 aromatic rings. The summed E-state index contributed by atoms with van der Waals surface area (Å²) in [5.74, 6) is 4.93. The van der Waals surface area contributed by atoms with E-state index in [-0.39, 0.29) is 11.8 Å². The lowest BCUT2D eigenvalue weighted by Crippen LogP contribution is -2.52. The highest BCUT2D eigenvalue weighted by atomic mass is 16.3. The minimum atomic E-state index is -0.423. The van der Waals surface area contributed by atoms with E-state index in [4.69, 9.17) is 0 Å². The molecule has 2 N–H and O–H groups in total. The van der Waals surface area contributed by atoms with Crippen LogP contribution in [0.25, 0.3) is 0 Å². The van der Waals surface area contributed by atoms with E-state index in [0.29, 0.717) is 17.9 Å². The van der Waals surface area contributed by atoms with Crippen LogP contribution < -0.4 is 5.32 Å². The van der Waals surface area contributed by atoms with Crippen LogP contribution in [-0.2, 0) is 4.79 Å². The zero-order chi connectivity index (χ0) is 29.8. The summed E-state index contributed by atoms with van der Waals surface area (Å²) in [6.07, 6.45) is 31.6. The Hall–Kier alpha value is -0.610. The molecule has 0 spiro atoms. The molecule has 0 saturated heterocycles. The number of aliphatic hydroxyl groups excluding tert-OH is 1. The monoisotopic (exact) mass is 597 g/mol. The molecule has 0 aliphatic heterocycles. The van der Waals surface area contributed by atoms with Gasteiger partial charge in [-0.05, 0) is 138 Å². The fourth-order valence-corrected chi connectivity index (χ4v) is 11.3. The van der Waals surface area contributed by atoms with Crippen LogP contribution in [0, 0.1) is 41.4 Å². The summed E-state index contributed by atoms with van der Waals surface area (Å²) >= 11 is 0. The highest BCUT2D eigenvalue weighted by Crippen LogP contribution is 2.44. The van der Waals surface area contributed by atoms with Gasteiger partial charge in [-0.25, -0.2) is 0 Å². The highest BCUT2D eigenvalue weighted by molar-refractivity contribution is 5.79. The Morgan fingerprint density at radius 3 is 1.74 bits per heavy atom. The van der Waals surface area contributed by atoms with Crippen LogP contribution in [0.5, 0.6) is 0 Å². The molecule has 6 unspecified atom stereocenters. The number of amides is 1. The summed E-state index contributed by atoms with van der Waals surface area (Å²) in [4.78, 5) is 16.5. The molecule has 1 amide bonds. The van der Waals surface area contributed by atoms with Gasteiger partial charge < -0.3 is 10.4 Å². The smallest absolute Gasteiger partial charge is 0.225 e. The first-order valence-electron chi connectivity index (χ1n) is 19.7. The normalized spacial score (nSPS) is 44.5. The zero-order valence-corrected chi connectivity index (χ0v) is 28.2. The summed E-state index contributed by atoms with van der Waals surface area (Å²) in [5.41, 5.74) is 0. The molecule has 246 valence electrons. The second-order valence-electron chi connectivity index (χ2n) is 17.2. The van der Waals surface area contributed by atoms with Crippen LogP contribution in [-0.4, -0.2) is 46.2 Å². The van der Waals surface area contributed by atoms with Gasteiger partial charge in [0.15, 0.2) is 0 Å². The van der Waals surface area contributed by atoms with Crippen LogP contribution in [0.1, 0.15) is 168 Å². The van der Waals surface area contributed by atoms with Crippen molar-refractivity contribution in [2.75, 3.05) is 0 Å². The third kappa shape index (κ3) is 8.41. The summed E-state index contributed by atoms with van der Waals surface area (Å²) in [5, 5.41) is 14.3. The molecule has 4 heteroatoms. The van der Waals surface area contributed by atoms with Crippen LogP contribution in [0.4, 0.5) is 0 Å². The van der Waals surface area contributed by atoms with E-state index < -0.39 is 6.10 Å². The minimum absolute atomic E-state index is 0.163. The van der Waals surface area contributed by atoms with Crippen LogP contribution in [0.2, 0.25) is 0 Å². The van der Waals surface area contributed by atoms with E-state index in [1.54, 1.807) is 0 Å². The second-order valence-corrected chi connectivity index (χ2v) is 17.2. The van der Waals surface area contributed by atoms with E-state index >= 15 is 0 Å². The van der Waals surface area contributed by atoms with Crippen LogP contribution in [0.15, 0.2) is 0 Å². The lowest BCUT2D eigenvalue weighted by atomic mass is 9.66. The fourth-order valence-electron chi connectivity index (χ4n) is 11.3. The van der Waals surface area contributed by atoms with E-state index in [1.165, 1.54) is 135 Å². The van der Waals surface area contributed by atoms with Gasteiger partial charge >= 0.3 is 0 Å². The summed E-state index contributed by atoms with van der Waals surface area (Å²) in [6, 6.07) is 2.92. The quantitative estimate of drug-likeness (QED) is 0.294. The Bertz CT molecular complexity index is 831. The molecule has 43 heavy (non-hydrogen) atoms. The first kappa shape index (κ1) is 32.3. The van der Waals surface area contributed by atoms with Gasteiger partial charge in [0.05, 0.1) is 12.0 Å². The third-order valence-electron chi connectivity index (χ3n) is 14.1. The molecule has 6 aliphatic carbocycles. The molecular formula is C39H68N2O2. The molecular weight excluding hydrogens is 528 g/mol. The largest absolute Gasteiger partial charge is 0.392 e. The molecule has 6 aliphatic rings. The minimum Gasteiger partial charge on any atom is -0.392 e. The average molecular weight is 597 g/mol. The van der Waals surface area contributed by atoms with Gasteiger partial charge in [0.25, 0.3) is 0 Å². The maximum Gasteiger partial charge on any atom is 0.225 e. The standard InChI is InChI=1S/C39H68N2O2/c1-27-10-18-34(19-11-27)41(35-20-12-28(2)13-21-35)36-22-16-29(17-23-36)14-15-30-6-5-9-33(24-30)40-39(43)37-25-31-7-3-4-8-32(31)26-38(37)42/h27-38,42H,3-26H2,1-2H3,(H,40,43). The molecule has 0 aromatic heterocycles. The predicted molar refractivity (Wildman–Crippen MR) is 178 cm³/mol. The Balaban J connectivity index is 0.943. The van der Waals surface area contributed by atoms with Gasteiger partial charge in [-0.1, -0.05) is 65.2 Å². The van der Waals surface area contributed by atoms with Crippen LogP contribution in [0.3, 0.4) is 0 Å². The van der Waals surface area contributed by atoms with Crippen molar-refractivity contribution < 1.29 is 9.90 Å². The molecule has 6 rings (SSSR count). The number of fused-ring (bicyclic) bond motifs is 1. The van der Waals surface area contributed by atoms with Gasteiger partial charge in [0.2, 0.25) is 5.91 Å². The second kappa shape index (κ2) is 15.3. The van der Waals surface area contributed by atoms with Crippen molar-refractivity contribution in [1.82, 2.24) is 10.2 Å². The molecule has 6 saturated carbocycles. The average Bonchev–Trinajstić information content (AvgIpc) is 3.02. The molecule has 0 aromatic carbocycles. The SMILES string of the molecule is CC1CCC(N(C2CCC(C)CC2)C2CCC(CCC3CCCC(NC(=O)C4CC5CCCCC5CC4O)C3)CC2)CC1. The number of carbonyl (C=O) groups excluding carboxylic acids is 1. The van der Waals surface area contributed by atoms with E-state index in [1.807, 2.05) is 0 Å². The van der Waals surface area contributed by atoms with Crippen molar-refractivity contribution in [3.8, 4) is 0 Å². The zero-order valence-electron chi connectivity index (χ0n) is 28.2. The summed E-state index contributed by atoms with van der Waals surface area (Å²) in [6.45, 7) is 4.95. The topological polar surface area (TPSA) is 52.6 Å². The maximum atomic E-state index is 13.3. The van der Waals surface area contributed by atoms with Crippen molar-refractivity contribution in [3.63, 3.8) is 0 Å². The lowest BCUT2D eigenvalue weighted by Gasteiger charge is -2.49. The molecule has 6 atom stereocenters. The molecule has 0 heterocycles. The van der Waals surface area contributed by atoms with E-state index in [9.17, 15) is 9.90 Å². The Morgan fingerprint density at radius 1 is 0.605 bits per heavy atom. The van der Waals surface area contributed by atoms with Crippen molar-refractivity contribution in [2.45, 2.75) is 198 Å². The number of nitrogens with one attached hydrogen (secondary N) is 1. The third-order valence-corrected chi connectivity index (χ3v) is 14.1. The van der Waals surface area contributed by atoms with Gasteiger partial charge in [-0.3, -0.25) is 9.69 Å². The molecule has 6 fully saturated rings. The molecule has 0 bridgehead atoms. The fraction of sp³-hybridized carbons (Fsp3) is 0.974. The van der Waals surface area contributed by atoms with E-state index in [0.717, 1.165) is 61.1 Å². The predicted octanol–water partition coefficient (Wildman–Crippen LogP) is 9.04. The summed E-state index contributed by atoms with van der Waals surface area (Å²) in [7, 11) is 0. The van der Waals surface area contributed by atoms with Gasteiger partial charge in [0.1, 0.15) is 0 Å². The number of rotatable bonds is 8. The highest BCUT2D eigenvalue weighted by Gasteiger charge is 2.41. The van der Waals surface area contributed by atoms with Crippen LogP contribution >= 0.6 is 0 Å².